The average molecular weight is 299 g/mol. The number of rotatable bonds is 8. The van der Waals surface area contributed by atoms with Crippen LogP contribution in [0.3, 0.4) is 0 Å². The molecule has 0 fully saturated rings. The summed E-state index contributed by atoms with van der Waals surface area (Å²) in [7, 11) is 0. The fourth-order valence-corrected chi connectivity index (χ4v) is 1.66. The van der Waals surface area contributed by atoms with Crippen molar-refractivity contribution < 1.29 is 9.90 Å². The minimum absolute atomic E-state index is 0.599. The third-order valence-corrected chi connectivity index (χ3v) is 2.60. The molecule has 0 aromatic rings. The van der Waals surface area contributed by atoms with Crippen molar-refractivity contribution >= 4 is 28.7 Å². The lowest BCUT2D eigenvalue weighted by Crippen LogP contribution is -2.21. The highest BCUT2D eigenvalue weighted by Gasteiger charge is 1.93. The topological polar surface area (TPSA) is 49.3 Å². The van der Waals surface area contributed by atoms with Crippen LogP contribution in [0.25, 0.3) is 0 Å². The van der Waals surface area contributed by atoms with Crippen molar-refractivity contribution in [1.82, 2.24) is 5.32 Å². The molecular weight excluding hydrogens is 281 g/mol. The first-order valence-electron chi connectivity index (χ1n) is 4.80. The van der Waals surface area contributed by atoms with Crippen molar-refractivity contribution in [2.45, 2.75) is 38.5 Å². The molecule has 0 radical (unpaired) electrons. The molecule has 4 heteroatoms. The van der Waals surface area contributed by atoms with Crippen LogP contribution in [0.2, 0.25) is 0 Å². The minimum Gasteiger partial charge on any atom is -0.465 e. The third kappa shape index (κ3) is 12.0. The Bertz CT molecular complexity index is 131. The summed E-state index contributed by atoms with van der Waals surface area (Å²) in [5, 5.41) is 10.6. The van der Waals surface area contributed by atoms with Gasteiger partial charge in [0.1, 0.15) is 0 Å². The second-order valence-electron chi connectivity index (χ2n) is 3.04. The monoisotopic (exact) mass is 299 g/mol. The molecule has 0 aliphatic rings. The second kappa shape index (κ2) is 10.1. The summed E-state index contributed by atoms with van der Waals surface area (Å²) in [6, 6.07) is 0. The Morgan fingerprint density at radius 1 is 1.08 bits per heavy atom. The number of alkyl halides is 1. The summed E-state index contributed by atoms with van der Waals surface area (Å²) in [5.74, 6) is 0. The molecule has 0 saturated heterocycles. The van der Waals surface area contributed by atoms with Gasteiger partial charge in [-0.05, 0) is 17.3 Å². The Labute approximate surface area is 93.4 Å². The van der Waals surface area contributed by atoms with Gasteiger partial charge in [-0.2, -0.15) is 0 Å². The Kier molecular flexibility index (Phi) is 10.1. The van der Waals surface area contributed by atoms with Crippen LogP contribution in [-0.4, -0.2) is 22.2 Å². The molecule has 13 heavy (non-hydrogen) atoms. The van der Waals surface area contributed by atoms with E-state index in [1.165, 1.54) is 30.1 Å². The first-order valence-corrected chi connectivity index (χ1v) is 6.32. The molecule has 0 rings (SSSR count). The maximum atomic E-state index is 10.1. The van der Waals surface area contributed by atoms with Gasteiger partial charge in [0.15, 0.2) is 0 Å². The Hall–Kier alpha value is 0. The predicted molar refractivity (Wildman–Crippen MR) is 62.6 cm³/mol. The molecule has 0 saturated carbocycles. The molecule has 0 aromatic carbocycles. The van der Waals surface area contributed by atoms with Crippen molar-refractivity contribution in [3.8, 4) is 0 Å². The van der Waals surface area contributed by atoms with E-state index >= 15 is 0 Å². The second-order valence-corrected chi connectivity index (χ2v) is 4.12. The lowest BCUT2D eigenvalue weighted by Gasteiger charge is -2.00. The van der Waals surface area contributed by atoms with Gasteiger partial charge in [0.25, 0.3) is 0 Å². The summed E-state index contributed by atoms with van der Waals surface area (Å²) >= 11 is 2.39. The summed E-state index contributed by atoms with van der Waals surface area (Å²) in [5.41, 5.74) is 0. The fraction of sp³-hybridized carbons (Fsp3) is 0.889. The lowest BCUT2D eigenvalue weighted by molar-refractivity contribution is 0.194. The number of nitrogens with one attached hydrogen (secondary N) is 1. The van der Waals surface area contributed by atoms with Gasteiger partial charge in [0, 0.05) is 6.54 Å². The highest BCUT2D eigenvalue weighted by atomic mass is 127. The van der Waals surface area contributed by atoms with Crippen molar-refractivity contribution in [2.24, 2.45) is 0 Å². The minimum atomic E-state index is -0.912. The van der Waals surface area contributed by atoms with Gasteiger partial charge in [0.05, 0.1) is 0 Å². The normalized spacial score (nSPS) is 9.92. The van der Waals surface area contributed by atoms with E-state index in [-0.39, 0.29) is 0 Å². The fourth-order valence-electron chi connectivity index (χ4n) is 1.12. The zero-order valence-corrected chi connectivity index (χ0v) is 10.0. The number of halogens is 1. The van der Waals surface area contributed by atoms with Crippen molar-refractivity contribution in [2.75, 3.05) is 11.0 Å². The Morgan fingerprint density at radius 2 is 1.62 bits per heavy atom. The van der Waals surface area contributed by atoms with Crippen LogP contribution in [0, 0.1) is 0 Å². The molecule has 0 unspecified atom stereocenters. The maximum Gasteiger partial charge on any atom is 0.404 e. The quantitative estimate of drug-likeness (QED) is 0.411. The van der Waals surface area contributed by atoms with E-state index in [4.69, 9.17) is 5.11 Å². The van der Waals surface area contributed by atoms with Crippen LogP contribution >= 0.6 is 22.6 Å². The molecule has 0 heterocycles. The van der Waals surface area contributed by atoms with Crippen LogP contribution in [0.4, 0.5) is 4.79 Å². The first-order chi connectivity index (χ1) is 6.27. The van der Waals surface area contributed by atoms with E-state index < -0.39 is 6.09 Å². The number of unbranched alkanes of at least 4 members (excludes halogenated alkanes) is 5. The van der Waals surface area contributed by atoms with E-state index in [1.807, 2.05) is 0 Å². The summed E-state index contributed by atoms with van der Waals surface area (Å²) in [6.45, 7) is 0.599. The van der Waals surface area contributed by atoms with E-state index in [2.05, 4.69) is 27.9 Å². The van der Waals surface area contributed by atoms with Gasteiger partial charge in [0.2, 0.25) is 0 Å². The SMILES string of the molecule is O=C(O)NCCCCCCCCI. The van der Waals surface area contributed by atoms with Crippen LogP contribution in [0.15, 0.2) is 0 Å². The van der Waals surface area contributed by atoms with Gasteiger partial charge < -0.3 is 10.4 Å². The molecule has 0 aromatic heterocycles. The molecule has 0 bridgehead atoms. The predicted octanol–water partition coefficient (Wildman–Crippen LogP) is 3.03. The number of carboxylic acid groups (broad SMARTS) is 1. The number of hydrogen-bond donors (Lipinski definition) is 2. The zero-order chi connectivity index (χ0) is 9.94. The smallest absolute Gasteiger partial charge is 0.404 e. The Balaban J connectivity index is 2.87. The van der Waals surface area contributed by atoms with Crippen molar-refractivity contribution in [1.29, 1.82) is 0 Å². The number of hydrogen-bond acceptors (Lipinski definition) is 1. The molecule has 2 N–H and O–H groups in total. The molecule has 3 nitrogen and oxygen atoms in total. The van der Waals surface area contributed by atoms with Crippen LogP contribution in [-0.2, 0) is 0 Å². The third-order valence-electron chi connectivity index (χ3n) is 1.84. The van der Waals surface area contributed by atoms with Crippen LogP contribution in [0.1, 0.15) is 38.5 Å². The lowest BCUT2D eigenvalue weighted by atomic mass is 10.1. The standard InChI is InChI=1S/C9H18INO2/c10-7-5-3-1-2-4-6-8-11-9(12)13/h11H,1-8H2,(H,12,13). The van der Waals surface area contributed by atoms with Gasteiger partial charge in [-0.1, -0.05) is 48.3 Å². The van der Waals surface area contributed by atoms with Crippen molar-refractivity contribution in [3.05, 3.63) is 0 Å². The highest BCUT2D eigenvalue weighted by molar-refractivity contribution is 14.1. The molecule has 0 aliphatic carbocycles. The molecular formula is C9H18INO2. The Morgan fingerprint density at radius 3 is 2.15 bits per heavy atom. The van der Waals surface area contributed by atoms with E-state index in [1.54, 1.807) is 0 Å². The summed E-state index contributed by atoms with van der Waals surface area (Å²) < 4.78 is 1.25. The molecule has 0 aliphatic heterocycles. The summed E-state index contributed by atoms with van der Waals surface area (Å²) in [4.78, 5) is 10.1. The largest absolute Gasteiger partial charge is 0.465 e. The van der Waals surface area contributed by atoms with Gasteiger partial charge in [-0.25, -0.2) is 4.79 Å². The maximum absolute atomic E-state index is 10.1. The molecule has 0 spiro atoms. The highest BCUT2D eigenvalue weighted by Crippen LogP contribution is 2.05. The van der Waals surface area contributed by atoms with Gasteiger partial charge in [-0.15, -0.1) is 0 Å². The number of carbonyl (C=O) groups is 1. The van der Waals surface area contributed by atoms with E-state index in [9.17, 15) is 4.79 Å². The van der Waals surface area contributed by atoms with E-state index in [0.29, 0.717) is 6.54 Å². The summed E-state index contributed by atoms with van der Waals surface area (Å²) in [6.07, 6.45) is 6.35. The average Bonchev–Trinajstić information content (AvgIpc) is 2.09. The van der Waals surface area contributed by atoms with Crippen molar-refractivity contribution in [3.63, 3.8) is 0 Å². The molecule has 78 valence electrons. The molecule has 1 amide bonds. The van der Waals surface area contributed by atoms with E-state index in [0.717, 1.165) is 12.8 Å². The van der Waals surface area contributed by atoms with Gasteiger partial charge in [-0.3, -0.25) is 0 Å². The molecule has 0 atom stereocenters. The van der Waals surface area contributed by atoms with Crippen LogP contribution in [0.5, 0.6) is 0 Å². The first kappa shape index (κ1) is 13.0. The van der Waals surface area contributed by atoms with Crippen LogP contribution < -0.4 is 5.32 Å². The van der Waals surface area contributed by atoms with Gasteiger partial charge >= 0.3 is 6.09 Å². The zero-order valence-electron chi connectivity index (χ0n) is 7.89. The number of amides is 1.